The van der Waals surface area contributed by atoms with E-state index >= 15 is 0 Å². The van der Waals surface area contributed by atoms with Crippen molar-refractivity contribution in [1.29, 1.82) is 5.26 Å². The van der Waals surface area contributed by atoms with Gasteiger partial charge in [0.1, 0.15) is 0 Å². The molecule has 1 rings (SSSR count). The zero-order valence-electron chi connectivity index (χ0n) is 11.6. The second kappa shape index (κ2) is 7.92. The second-order valence-corrected chi connectivity index (χ2v) is 4.27. The molecular weight excluding hydrogens is 256 g/mol. The summed E-state index contributed by atoms with van der Waals surface area (Å²) in [5.41, 5.74) is 1.33. The van der Waals surface area contributed by atoms with Crippen LogP contribution in [-0.4, -0.2) is 36.3 Å². The Hall–Kier alpha value is -2.39. The van der Waals surface area contributed by atoms with Crippen molar-refractivity contribution >= 4 is 23.2 Å². The number of anilines is 2. The summed E-state index contributed by atoms with van der Waals surface area (Å²) in [5, 5.41) is 14.0. The predicted molar refractivity (Wildman–Crippen MR) is 77.1 cm³/mol. The van der Waals surface area contributed by atoms with Gasteiger partial charge in [0.25, 0.3) is 0 Å². The van der Waals surface area contributed by atoms with Crippen molar-refractivity contribution in [2.45, 2.75) is 13.8 Å². The fourth-order valence-corrected chi connectivity index (χ4v) is 1.62. The zero-order valence-corrected chi connectivity index (χ0v) is 11.6. The number of amides is 2. The molecule has 1 aromatic carbocycles. The van der Waals surface area contributed by atoms with E-state index in [2.05, 4.69) is 10.6 Å². The Morgan fingerprint density at radius 3 is 2.20 bits per heavy atom. The van der Waals surface area contributed by atoms with Crippen LogP contribution in [0, 0.1) is 11.3 Å². The van der Waals surface area contributed by atoms with E-state index in [9.17, 15) is 9.59 Å². The molecule has 0 aliphatic carbocycles. The summed E-state index contributed by atoms with van der Waals surface area (Å²) < 4.78 is 0. The van der Waals surface area contributed by atoms with Gasteiger partial charge in [0.2, 0.25) is 11.8 Å². The molecule has 0 aliphatic rings. The maximum absolute atomic E-state index is 11.8. The molecule has 106 valence electrons. The Balaban J connectivity index is 2.53. The number of rotatable bonds is 6. The normalized spacial score (nSPS) is 9.90. The third-order valence-electron chi connectivity index (χ3n) is 2.60. The first-order valence-electron chi connectivity index (χ1n) is 6.32. The minimum absolute atomic E-state index is 0.142. The molecule has 6 nitrogen and oxygen atoms in total. The van der Waals surface area contributed by atoms with Crippen LogP contribution < -0.4 is 10.6 Å². The highest BCUT2D eigenvalue weighted by atomic mass is 16.2. The Labute approximate surface area is 118 Å². The van der Waals surface area contributed by atoms with Crippen LogP contribution in [0.15, 0.2) is 24.3 Å². The molecule has 0 radical (unpaired) electrons. The van der Waals surface area contributed by atoms with Gasteiger partial charge in [0.05, 0.1) is 19.2 Å². The minimum atomic E-state index is -0.172. The molecule has 2 N–H and O–H groups in total. The molecule has 0 aromatic heterocycles. The average molecular weight is 274 g/mol. The third kappa shape index (κ3) is 5.50. The third-order valence-corrected chi connectivity index (χ3v) is 2.60. The summed E-state index contributed by atoms with van der Waals surface area (Å²) in [4.78, 5) is 24.4. The number of nitriles is 1. The molecule has 0 fully saturated rings. The lowest BCUT2D eigenvalue weighted by molar-refractivity contribution is -0.117. The minimum Gasteiger partial charge on any atom is -0.326 e. The van der Waals surface area contributed by atoms with Gasteiger partial charge < -0.3 is 10.6 Å². The van der Waals surface area contributed by atoms with E-state index in [0.717, 1.165) is 0 Å². The van der Waals surface area contributed by atoms with E-state index in [1.807, 2.05) is 13.0 Å². The van der Waals surface area contributed by atoms with Gasteiger partial charge in [-0.2, -0.15) is 5.26 Å². The van der Waals surface area contributed by atoms with Crippen LogP contribution in [0.5, 0.6) is 0 Å². The first kappa shape index (κ1) is 15.7. The lowest BCUT2D eigenvalue weighted by Crippen LogP contribution is -2.33. The first-order valence-corrected chi connectivity index (χ1v) is 6.32. The molecule has 0 spiro atoms. The summed E-state index contributed by atoms with van der Waals surface area (Å²) in [6, 6.07) is 8.87. The van der Waals surface area contributed by atoms with Gasteiger partial charge in [-0.15, -0.1) is 0 Å². The number of carbonyl (C=O) groups is 2. The Morgan fingerprint density at radius 1 is 1.20 bits per heavy atom. The maximum Gasteiger partial charge on any atom is 0.238 e. The molecular formula is C14H18N4O2. The van der Waals surface area contributed by atoms with Crippen LogP contribution in [-0.2, 0) is 9.59 Å². The van der Waals surface area contributed by atoms with Crippen molar-refractivity contribution in [3.63, 3.8) is 0 Å². The zero-order chi connectivity index (χ0) is 15.0. The molecule has 0 saturated heterocycles. The fraction of sp³-hybridized carbons (Fsp3) is 0.357. The molecule has 0 atom stereocenters. The van der Waals surface area contributed by atoms with Crippen molar-refractivity contribution in [2.24, 2.45) is 0 Å². The van der Waals surface area contributed by atoms with Gasteiger partial charge in [-0.1, -0.05) is 6.92 Å². The second-order valence-electron chi connectivity index (χ2n) is 4.27. The highest BCUT2D eigenvalue weighted by Crippen LogP contribution is 2.13. The first-order chi connectivity index (χ1) is 9.55. The summed E-state index contributed by atoms with van der Waals surface area (Å²) in [7, 11) is 0. The van der Waals surface area contributed by atoms with Gasteiger partial charge >= 0.3 is 0 Å². The van der Waals surface area contributed by atoms with Crippen molar-refractivity contribution < 1.29 is 9.59 Å². The van der Waals surface area contributed by atoms with E-state index in [1.165, 1.54) is 6.92 Å². The van der Waals surface area contributed by atoms with Crippen molar-refractivity contribution in [3.05, 3.63) is 24.3 Å². The van der Waals surface area contributed by atoms with E-state index in [0.29, 0.717) is 17.9 Å². The van der Waals surface area contributed by atoms with Crippen LogP contribution in [0.2, 0.25) is 0 Å². The number of benzene rings is 1. The Bertz CT molecular complexity index is 505. The topological polar surface area (TPSA) is 85.2 Å². The molecule has 0 bridgehead atoms. The standard InChI is InChI=1S/C14H18N4O2/c1-3-18(9-8-15)10-14(20)17-13-6-4-12(5-7-13)16-11(2)19/h4-7H,3,9-10H2,1-2H3,(H,16,19)(H,17,20). The number of hydrogen-bond donors (Lipinski definition) is 2. The van der Waals surface area contributed by atoms with E-state index in [1.54, 1.807) is 29.2 Å². The molecule has 0 saturated carbocycles. The van der Waals surface area contributed by atoms with Crippen LogP contribution in [0.3, 0.4) is 0 Å². The molecule has 1 aromatic rings. The summed E-state index contributed by atoms with van der Waals surface area (Å²) in [5.74, 6) is -0.314. The van der Waals surface area contributed by atoms with E-state index in [4.69, 9.17) is 5.26 Å². The lowest BCUT2D eigenvalue weighted by atomic mass is 10.2. The van der Waals surface area contributed by atoms with Gasteiger partial charge in [-0.05, 0) is 30.8 Å². The lowest BCUT2D eigenvalue weighted by Gasteiger charge is -2.16. The fourth-order valence-electron chi connectivity index (χ4n) is 1.62. The van der Waals surface area contributed by atoms with Gasteiger partial charge in [0.15, 0.2) is 0 Å². The van der Waals surface area contributed by atoms with Crippen LogP contribution in [0.25, 0.3) is 0 Å². The largest absolute Gasteiger partial charge is 0.326 e. The number of hydrogen-bond acceptors (Lipinski definition) is 4. The molecule has 0 unspecified atom stereocenters. The quantitative estimate of drug-likeness (QED) is 0.768. The maximum atomic E-state index is 11.8. The van der Waals surface area contributed by atoms with Crippen LogP contribution in [0.4, 0.5) is 11.4 Å². The Kier molecular flexibility index (Phi) is 6.20. The molecule has 0 heterocycles. The average Bonchev–Trinajstić information content (AvgIpc) is 2.40. The molecule has 6 heteroatoms. The van der Waals surface area contributed by atoms with Crippen LogP contribution in [0.1, 0.15) is 13.8 Å². The van der Waals surface area contributed by atoms with Crippen molar-refractivity contribution in [2.75, 3.05) is 30.3 Å². The number of carbonyl (C=O) groups excluding carboxylic acids is 2. The molecule has 2 amide bonds. The van der Waals surface area contributed by atoms with E-state index in [-0.39, 0.29) is 24.9 Å². The van der Waals surface area contributed by atoms with E-state index < -0.39 is 0 Å². The predicted octanol–water partition coefficient (Wildman–Crippen LogP) is 1.43. The highest BCUT2D eigenvalue weighted by Gasteiger charge is 2.08. The summed E-state index contributed by atoms with van der Waals surface area (Å²) in [6.07, 6.45) is 0. The highest BCUT2D eigenvalue weighted by molar-refractivity contribution is 5.93. The number of likely N-dealkylation sites (N-methyl/N-ethyl adjacent to an activating group) is 1. The van der Waals surface area contributed by atoms with Crippen molar-refractivity contribution in [1.82, 2.24) is 4.90 Å². The van der Waals surface area contributed by atoms with Crippen LogP contribution >= 0.6 is 0 Å². The van der Waals surface area contributed by atoms with Gasteiger partial charge in [0, 0.05) is 18.3 Å². The molecule has 0 aliphatic heterocycles. The Morgan fingerprint density at radius 2 is 1.75 bits per heavy atom. The van der Waals surface area contributed by atoms with Gasteiger partial charge in [-0.25, -0.2) is 0 Å². The summed E-state index contributed by atoms with van der Waals surface area (Å²) >= 11 is 0. The number of nitrogens with zero attached hydrogens (tertiary/aromatic N) is 2. The SMILES string of the molecule is CCN(CC#N)CC(=O)Nc1ccc(NC(C)=O)cc1. The monoisotopic (exact) mass is 274 g/mol. The van der Waals surface area contributed by atoms with Gasteiger partial charge in [-0.3, -0.25) is 14.5 Å². The summed E-state index contributed by atoms with van der Waals surface area (Å²) in [6.45, 7) is 4.38. The van der Waals surface area contributed by atoms with Crippen molar-refractivity contribution in [3.8, 4) is 6.07 Å². The molecule has 20 heavy (non-hydrogen) atoms. The smallest absolute Gasteiger partial charge is 0.238 e. The number of nitrogens with one attached hydrogen (secondary N) is 2.